The number of allylic oxidation sites excluding steroid dienone is 3. The molecule has 0 aliphatic heterocycles. The smallest absolute Gasteiger partial charge is 0.188 e. The van der Waals surface area contributed by atoms with Crippen molar-refractivity contribution in [1.82, 2.24) is 15.2 Å². The summed E-state index contributed by atoms with van der Waals surface area (Å²) < 4.78 is 6.47. The highest BCUT2D eigenvalue weighted by atomic mass is 79.9. The number of hydrogen-bond acceptors (Lipinski definition) is 5. The van der Waals surface area contributed by atoms with Gasteiger partial charge in [0.05, 0.1) is 10.7 Å². The van der Waals surface area contributed by atoms with Gasteiger partial charge in [-0.15, -0.1) is 22.5 Å². The van der Waals surface area contributed by atoms with E-state index in [1.165, 1.54) is 19.3 Å². The second-order valence-electron chi connectivity index (χ2n) is 6.73. The molecule has 0 saturated carbocycles. The van der Waals surface area contributed by atoms with Crippen molar-refractivity contribution in [3.05, 3.63) is 58.7 Å². The van der Waals surface area contributed by atoms with Crippen molar-refractivity contribution >= 4 is 31.9 Å². The van der Waals surface area contributed by atoms with Gasteiger partial charge < -0.3 is 9.84 Å². The lowest BCUT2D eigenvalue weighted by Gasteiger charge is -2.07. The third kappa shape index (κ3) is 10.1. The van der Waals surface area contributed by atoms with Crippen LogP contribution in [0.25, 0.3) is 11.3 Å². The van der Waals surface area contributed by atoms with Gasteiger partial charge in [-0.3, -0.25) is 0 Å². The summed E-state index contributed by atoms with van der Waals surface area (Å²) >= 11 is 6.23. The van der Waals surface area contributed by atoms with Gasteiger partial charge in [0.2, 0.25) is 0 Å². The topological polar surface area (TPSA) is 68.1 Å². The number of benzene rings is 1. The normalized spacial score (nSPS) is 18.1. The summed E-state index contributed by atoms with van der Waals surface area (Å²) in [7, 11) is 0. The second-order valence-corrected chi connectivity index (χ2v) is 7.58. The van der Waals surface area contributed by atoms with Crippen molar-refractivity contribution in [3.63, 3.8) is 0 Å². The molecule has 1 unspecified atom stereocenters. The molecule has 3 rings (SSSR count). The highest BCUT2D eigenvalue weighted by Gasteiger charge is 2.07. The third-order valence-electron chi connectivity index (χ3n) is 4.27. The van der Waals surface area contributed by atoms with Gasteiger partial charge in [0.15, 0.2) is 5.82 Å². The Morgan fingerprint density at radius 2 is 2.00 bits per heavy atom. The van der Waals surface area contributed by atoms with Gasteiger partial charge in [-0.25, -0.2) is 4.98 Å². The summed E-state index contributed by atoms with van der Waals surface area (Å²) in [5, 5.41) is 17.9. The number of terminal acetylenes is 1. The number of aromatic hydroxyl groups is 1. The average Bonchev–Trinajstić information content (AvgIpc) is 2.89. The molecule has 0 bridgehead atoms. The Kier molecular flexibility index (Phi) is 13.5. The maximum Gasteiger partial charge on any atom is 0.188 e. The molecule has 31 heavy (non-hydrogen) atoms. The number of aromatic nitrogens is 3. The van der Waals surface area contributed by atoms with Gasteiger partial charge in [0, 0.05) is 5.56 Å². The maximum absolute atomic E-state index is 9.57. The Labute approximate surface area is 202 Å². The first-order valence-electron chi connectivity index (χ1n) is 9.97. The highest BCUT2D eigenvalue weighted by Crippen LogP contribution is 2.28. The summed E-state index contributed by atoms with van der Waals surface area (Å²) in [5.74, 6) is 6.22. The first-order chi connectivity index (χ1) is 15.0. The molecule has 5 nitrogen and oxygen atoms in total. The van der Waals surface area contributed by atoms with Crippen LogP contribution in [0.1, 0.15) is 45.4 Å². The minimum absolute atomic E-state index is 0.185. The minimum Gasteiger partial charge on any atom is -0.507 e. The number of alkyl halides is 1. The Morgan fingerprint density at radius 1 is 1.26 bits per heavy atom. The SMILES string of the molecule is C#CC.CBr.CC1/C=C\C(OCc2ncc(-c3ccc(O)c(Br)c3)nn2)=C/CCCC1. The van der Waals surface area contributed by atoms with Crippen molar-refractivity contribution in [1.29, 1.82) is 0 Å². The zero-order valence-corrected chi connectivity index (χ0v) is 21.4. The van der Waals surface area contributed by atoms with Gasteiger partial charge >= 0.3 is 0 Å². The first-order valence-corrected chi connectivity index (χ1v) is 12.3. The van der Waals surface area contributed by atoms with Gasteiger partial charge in [0.25, 0.3) is 0 Å². The van der Waals surface area contributed by atoms with Crippen LogP contribution in [0.3, 0.4) is 0 Å². The third-order valence-corrected chi connectivity index (χ3v) is 4.90. The number of rotatable bonds is 4. The van der Waals surface area contributed by atoms with Gasteiger partial charge in [-0.1, -0.05) is 35.4 Å². The van der Waals surface area contributed by atoms with E-state index in [1.807, 2.05) is 11.9 Å². The molecule has 1 heterocycles. The first kappa shape index (κ1) is 26.9. The number of halogens is 2. The Balaban J connectivity index is 0.000000884. The molecule has 0 fully saturated rings. The zero-order chi connectivity index (χ0) is 23.1. The molecule has 0 radical (unpaired) electrons. The fourth-order valence-corrected chi connectivity index (χ4v) is 3.08. The van der Waals surface area contributed by atoms with E-state index in [0.29, 0.717) is 21.9 Å². The summed E-state index contributed by atoms with van der Waals surface area (Å²) in [6.45, 7) is 4.17. The van der Waals surface area contributed by atoms with E-state index in [4.69, 9.17) is 4.74 Å². The largest absolute Gasteiger partial charge is 0.507 e. The minimum atomic E-state index is 0.185. The molecule has 1 aliphatic carbocycles. The molecule has 1 N–H and O–H groups in total. The number of phenols is 1. The average molecular weight is 551 g/mol. The Bertz CT molecular complexity index is 891. The van der Waals surface area contributed by atoms with E-state index in [1.54, 1.807) is 31.3 Å². The lowest BCUT2D eigenvalue weighted by molar-refractivity contribution is 0.201. The van der Waals surface area contributed by atoms with Crippen LogP contribution in [0.15, 0.2) is 52.9 Å². The van der Waals surface area contributed by atoms with E-state index in [0.717, 1.165) is 17.7 Å². The quantitative estimate of drug-likeness (QED) is 0.334. The molecule has 0 spiro atoms. The highest BCUT2D eigenvalue weighted by molar-refractivity contribution is 9.10. The number of phenolic OH excluding ortho intramolecular Hbond substituents is 1. The monoisotopic (exact) mass is 549 g/mol. The maximum atomic E-state index is 9.57. The fraction of sp³-hybridized carbons (Fsp3) is 0.375. The second kappa shape index (κ2) is 15.6. The zero-order valence-electron chi connectivity index (χ0n) is 18.2. The summed E-state index contributed by atoms with van der Waals surface area (Å²) in [4.78, 5) is 4.34. The molecule has 7 heteroatoms. The molecule has 0 saturated heterocycles. The molecule has 0 amide bonds. The van der Waals surface area contributed by atoms with E-state index < -0.39 is 0 Å². The molecule has 166 valence electrons. The van der Waals surface area contributed by atoms with E-state index in [2.05, 4.69) is 78.5 Å². The predicted molar refractivity (Wildman–Crippen MR) is 134 cm³/mol. The van der Waals surface area contributed by atoms with Crippen molar-refractivity contribution < 1.29 is 9.84 Å². The van der Waals surface area contributed by atoms with Crippen LogP contribution >= 0.6 is 31.9 Å². The number of nitrogens with zero attached hydrogens (tertiary/aromatic N) is 3. The standard InChI is InChI=1S/C20H22BrN3O2.C3H4.CH3Br/c1-14-5-3-2-4-6-16(9-7-14)26-13-20-22-12-18(23-24-20)15-8-10-19(25)17(21)11-15;1-3-2;1-2/h6-12,14,25H,2-5,13H2,1H3;1H,2H3;1H3/b9-7-,16-6+;;. The molecule has 1 aromatic heterocycles. The van der Waals surface area contributed by atoms with Gasteiger partial charge in [-0.05, 0) is 84.2 Å². The number of hydrogen-bond donors (Lipinski definition) is 1. The van der Waals surface area contributed by atoms with Crippen molar-refractivity contribution in [3.8, 4) is 29.4 Å². The Morgan fingerprint density at radius 3 is 2.65 bits per heavy atom. The van der Waals surface area contributed by atoms with Crippen molar-refractivity contribution in [2.75, 3.05) is 5.83 Å². The van der Waals surface area contributed by atoms with Crippen LogP contribution in [-0.4, -0.2) is 26.1 Å². The Hall–Kier alpha value is -2.17. The lowest BCUT2D eigenvalue weighted by Crippen LogP contribution is -2.01. The van der Waals surface area contributed by atoms with Crippen molar-refractivity contribution in [2.24, 2.45) is 5.92 Å². The molecule has 2 aromatic rings. The van der Waals surface area contributed by atoms with Crippen LogP contribution in [0.2, 0.25) is 0 Å². The fourth-order valence-electron chi connectivity index (χ4n) is 2.70. The molecule has 1 aromatic carbocycles. The van der Waals surface area contributed by atoms with Crippen molar-refractivity contribution in [2.45, 2.75) is 46.1 Å². The predicted octanol–water partition coefficient (Wildman–Crippen LogP) is 6.82. The molecule has 1 aliphatic rings. The summed E-state index contributed by atoms with van der Waals surface area (Å²) in [6, 6.07) is 5.16. The number of ether oxygens (including phenoxy) is 1. The van der Waals surface area contributed by atoms with E-state index >= 15 is 0 Å². The van der Waals surface area contributed by atoms with E-state index in [-0.39, 0.29) is 12.4 Å². The summed E-state index contributed by atoms with van der Waals surface area (Å²) in [6.07, 6.45) is 17.3. The molecular formula is C24H29Br2N3O2. The van der Waals surface area contributed by atoms with Crippen LogP contribution < -0.4 is 0 Å². The van der Waals surface area contributed by atoms with Gasteiger partial charge in [0.1, 0.15) is 23.8 Å². The lowest BCUT2D eigenvalue weighted by atomic mass is 10.0. The van der Waals surface area contributed by atoms with E-state index in [9.17, 15) is 5.11 Å². The molecule has 1 atom stereocenters. The summed E-state index contributed by atoms with van der Waals surface area (Å²) in [5.41, 5.74) is 1.47. The van der Waals surface area contributed by atoms with Crippen LogP contribution in [-0.2, 0) is 11.3 Å². The van der Waals surface area contributed by atoms with Crippen LogP contribution in [0.4, 0.5) is 0 Å². The van der Waals surface area contributed by atoms with Crippen LogP contribution in [0, 0.1) is 18.3 Å². The van der Waals surface area contributed by atoms with Gasteiger partial charge in [-0.2, -0.15) is 0 Å². The molecular weight excluding hydrogens is 522 g/mol. The van der Waals surface area contributed by atoms with Crippen LogP contribution in [0.5, 0.6) is 5.75 Å².